The fourth-order valence-electron chi connectivity index (χ4n) is 2.81. The first-order valence-electron chi connectivity index (χ1n) is 8.10. The summed E-state index contributed by atoms with van der Waals surface area (Å²) in [5.74, 6) is -2.31. The van der Waals surface area contributed by atoms with Crippen molar-refractivity contribution in [2.24, 2.45) is 0 Å². The van der Waals surface area contributed by atoms with Crippen LogP contribution in [0.5, 0.6) is 0 Å². The minimum Gasteiger partial charge on any atom is -0.496 e. The largest absolute Gasteiger partial charge is 0.496 e. The molecular weight excluding hydrogens is 370 g/mol. The molecule has 0 spiro atoms. The van der Waals surface area contributed by atoms with E-state index in [4.69, 9.17) is 16.3 Å². The Labute approximate surface area is 160 Å². The average Bonchev–Trinajstić information content (AvgIpc) is 3.00. The van der Waals surface area contributed by atoms with Crippen LogP contribution < -0.4 is 5.32 Å². The van der Waals surface area contributed by atoms with Crippen LogP contribution in [0.15, 0.2) is 54.6 Å². The van der Waals surface area contributed by atoms with Crippen molar-refractivity contribution in [1.29, 1.82) is 0 Å². The summed E-state index contributed by atoms with van der Waals surface area (Å²) in [6.45, 7) is 0. The number of esters is 2. The van der Waals surface area contributed by atoms with Gasteiger partial charge in [-0.15, -0.1) is 11.6 Å². The Morgan fingerprint density at radius 1 is 1.15 bits per heavy atom. The number of amides is 1. The van der Waals surface area contributed by atoms with E-state index in [9.17, 15) is 14.4 Å². The van der Waals surface area contributed by atoms with Crippen molar-refractivity contribution < 1.29 is 23.9 Å². The van der Waals surface area contributed by atoms with Gasteiger partial charge in [0.25, 0.3) is 0 Å². The average molecular weight is 386 g/mol. The summed E-state index contributed by atoms with van der Waals surface area (Å²) >= 11 is 5.33. The topological polar surface area (TPSA) is 81.7 Å². The van der Waals surface area contributed by atoms with Gasteiger partial charge in [-0.1, -0.05) is 36.4 Å². The number of benzene rings is 2. The first kappa shape index (κ1) is 18.7. The van der Waals surface area contributed by atoms with Crippen molar-refractivity contribution in [3.8, 4) is 0 Å². The van der Waals surface area contributed by atoms with E-state index in [1.54, 1.807) is 19.3 Å². The Kier molecular flexibility index (Phi) is 5.57. The lowest BCUT2D eigenvalue weighted by atomic mass is 9.97. The van der Waals surface area contributed by atoms with Crippen LogP contribution in [0.3, 0.4) is 0 Å². The predicted molar refractivity (Wildman–Crippen MR) is 100 cm³/mol. The van der Waals surface area contributed by atoms with Gasteiger partial charge in [0.15, 0.2) is 0 Å². The lowest BCUT2D eigenvalue weighted by molar-refractivity contribution is -0.135. The van der Waals surface area contributed by atoms with Gasteiger partial charge in [0.2, 0.25) is 5.91 Å². The lowest BCUT2D eigenvalue weighted by Gasteiger charge is -2.10. The summed E-state index contributed by atoms with van der Waals surface area (Å²) in [5, 5.41) is 2.73. The Hall–Kier alpha value is -3.12. The molecule has 0 bridgehead atoms. The number of hydrogen-bond donors (Lipinski definition) is 1. The lowest BCUT2D eigenvalue weighted by Crippen LogP contribution is -2.13. The van der Waals surface area contributed by atoms with Gasteiger partial charge in [-0.3, -0.25) is 9.59 Å². The maximum Gasteiger partial charge on any atom is 0.345 e. The summed E-state index contributed by atoms with van der Waals surface area (Å²) in [6, 6.07) is 14.0. The Morgan fingerprint density at radius 3 is 2.56 bits per heavy atom. The number of ether oxygens (including phenoxy) is 2. The van der Waals surface area contributed by atoms with Crippen molar-refractivity contribution >= 4 is 40.9 Å². The van der Waals surface area contributed by atoms with Gasteiger partial charge in [0.05, 0.1) is 18.6 Å². The Balaban J connectivity index is 1.90. The molecule has 1 aliphatic heterocycles. The van der Waals surface area contributed by atoms with Crippen molar-refractivity contribution in [3.05, 3.63) is 71.3 Å². The molecule has 0 fully saturated rings. The highest BCUT2D eigenvalue weighted by Crippen LogP contribution is 2.36. The van der Waals surface area contributed by atoms with Crippen molar-refractivity contribution in [2.75, 3.05) is 18.3 Å². The third-order valence-corrected chi connectivity index (χ3v) is 4.29. The molecule has 0 saturated carbocycles. The molecule has 6 nitrogen and oxygen atoms in total. The van der Waals surface area contributed by atoms with Crippen LogP contribution in [0.4, 0.5) is 5.69 Å². The smallest absolute Gasteiger partial charge is 0.345 e. The highest BCUT2D eigenvalue weighted by atomic mass is 35.5. The van der Waals surface area contributed by atoms with E-state index in [2.05, 4.69) is 10.1 Å². The first-order chi connectivity index (χ1) is 13.0. The SMILES string of the molecule is COC(=CC1C(=O)Nc2cc(C(=O)OC(=O)CCl)ccc21)c1ccccc1. The summed E-state index contributed by atoms with van der Waals surface area (Å²) in [6.07, 6.45) is 1.73. The minimum absolute atomic E-state index is 0.146. The maximum absolute atomic E-state index is 12.4. The third kappa shape index (κ3) is 4.01. The molecule has 0 aliphatic carbocycles. The Morgan fingerprint density at radius 2 is 1.89 bits per heavy atom. The van der Waals surface area contributed by atoms with Gasteiger partial charge in [-0.05, 0) is 23.8 Å². The van der Waals surface area contributed by atoms with Gasteiger partial charge < -0.3 is 14.8 Å². The van der Waals surface area contributed by atoms with Gasteiger partial charge in [0, 0.05) is 11.3 Å². The van der Waals surface area contributed by atoms with Gasteiger partial charge in [-0.25, -0.2) is 4.79 Å². The number of carbonyl (C=O) groups is 3. The number of methoxy groups -OCH3 is 1. The van der Waals surface area contributed by atoms with E-state index in [1.807, 2.05) is 30.3 Å². The van der Waals surface area contributed by atoms with Crippen LogP contribution in [0.25, 0.3) is 5.76 Å². The van der Waals surface area contributed by atoms with E-state index >= 15 is 0 Å². The van der Waals surface area contributed by atoms with Crippen LogP contribution in [0.1, 0.15) is 27.4 Å². The number of carbonyl (C=O) groups excluding carboxylic acids is 3. The second-order valence-corrected chi connectivity index (χ2v) is 6.03. The molecule has 1 heterocycles. The van der Waals surface area contributed by atoms with E-state index in [-0.39, 0.29) is 11.5 Å². The number of nitrogens with one attached hydrogen (secondary N) is 1. The predicted octanol–water partition coefficient (Wildman–Crippen LogP) is 3.33. The fourth-order valence-corrected chi connectivity index (χ4v) is 2.86. The zero-order chi connectivity index (χ0) is 19.4. The quantitative estimate of drug-likeness (QED) is 0.369. The highest BCUT2D eigenvalue weighted by Gasteiger charge is 2.30. The second kappa shape index (κ2) is 8.05. The minimum atomic E-state index is -0.834. The molecule has 3 rings (SSSR count). The monoisotopic (exact) mass is 385 g/mol. The molecule has 0 aromatic heterocycles. The van der Waals surface area contributed by atoms with E-state index in [0.717, 1.165) is 5.56 Å². The molecule has 138 valence electrons. The molecule has 2 aromatic carbocycles. The summed E-state index contributed by atoms with van der Waals surface area (Å²) in [4.78, 5) is 35.5. The molecular formula is C20H16ClNO5. The number of hydrogen-bond acceptors (Lipinski definition) is 5. The van der Waals surface area contributed by atoms with Crippen LogP contribution in [-0.2, 0) is 19.1 Å². The summed E-state index contributed by atoms with van der Waals surface area (Å²) in [5.41, 5.74) is 2.18. The second-order valence-electron chi connectivity index (χ2n) is 5.77. The van der Waals surface area contributed by atoms with Gasteiger partial charge in [-0.2, -0.15) is 0 Å². The zero-order valence-corrected chi connectivity index (χ0v) is 15.2. The normalized spacial score (nSPS) is 15.7. The molecule has 1 atom stereocenters. The van der Waals surface area contributed by atoms with Gasteiger partial charge in [0.1, 0.15) is 11.6 Å². The Bertz CT molecular complexity index is 923. The van der Waals surface area contributed by atoms with Crippen LogP contribution in [-0.4, -0.2) is 30.8 Å². The van der Waals surface area contributed by atoms with Crippen molar-refractivity contribution in [1.82, 2.24) is 0 Å². The van der Waals surface area contributed by atoms with E-state index in [1.165, 1.54) is 12.1 Å². The third-order valence-electron chi connectivity index (χ3n) is 4.08. The standard InChI is InChI=1S/C20H16ClNO5/c1-26-17(12-5-3-2-4-6-12)10-15-14-8-7-13(9-16(14)22-19(15)24)20(25)27-18(23)11-21/h2-10,15H,11H2,1H3,(H,22,24). The number of alkyl halides is 1. The molecule has 0 saturated heterocycles. The number of anilines is 1. The highest BCUT2D eigenvalue weighted by molar-refractivity contribution is 6.27. The molecule has 7 heteroatoms. The molecule has 1 N–H and O–H groups in total. The number of halogens is 1. The molecule has 2 aromatic rings. The first-order valence-corrected chi connectivity index (χ1v) is 8.64. The zero-order valence-electron chi connectivity index (χ0n) is 14.4. The maximum atomic E-state index is 12.4. The fraction of sp³-hybridized carbons (Fsp3) is 0.150. The molecule has 0 radical (unpaired) electrons. The summed E-state index contributed by atoms with van der Waals surface area (Å²) < 4.78 is 10.0. The van der Waals surface area contributed by atoms with E-state index in [0.29, 0.717) is 17.0 Å². The number of rotatable bonds is 5. The van der Waals surface area contributed by atoms with Crippen molar-refractivity contribution in [3.63, 3.8) is 0 Å². The van der Waals surface area contributed by atoms with Crippen LogP contribution >= 0.6 is 11.6 Å². The van der Waals surface area contributed by atoms with Crippen LogP contribution in [0.2, 0.25) is 0 Å². The molecule has 1 amide bonds. The summed E-state index contributed by atoms with van der Waals surface area (Å²) in [7, 11) is 1.54. The van der Waals surface area contributed by atoms with Crippen LogP contribution in [0, 0.1) is 0 Å². The number of fused-ring (bicyclic) bond motifs is 1. The molecule has 27 heavy (non-hydrogen) atoms. The van der Waals surface area contributed by atoms with Crippen molar-refractivity contribution in [2.45, 2.75) is 5.92 Å². The molecule has 1 aliphatic rings. The molecule has 1 unspecified atom stereocenters. The van der Waals surface area contributed by atoms with Gasteiger partial charge >= 0.3 is 11.9 Å². The van der Waals surface area contributed by atoms with E-state index < -0.39 is 23.7 Å².